The zero-order chi connectivity index (χ0) is 15.0. The lowest BCUT2D eigenvalue weighted by Gasteiger charge is -2.12. The van der Waals surface area contributed by atoms with Gasteiger partial charge in [-0.15, -0.1) is 11.6 Å². The number of aromatic nitrogens is 2. The Morgan fingerprint density at radius 1 is 1.29 bits per heavy atom. The zero-order valence-electron chi connectivity index (χ0n) is 11.4. The van der Waals surface area contributed by atoms with Crippen LogP contribution in [0.5, 0.6) is 0 Å². The van der Waals surface area contributed by atoms with E-state index in [1.54, 1.807) is 6.07 Å². The molecule has 0 aliphatic heterocycles. The fourth-order valence-electron chi connectivity index (χ4n) is 2.42. The van der Waals surface area contributed by atoms with E-state index < -0.39 is 0 Å². The molecule has 0 amide bonds. The molecule has 0 unspecified atom stereocenters. The highest BCUT2D eigenvalue weighted by Gasteiger charge is 2.15. The summed E-state index contributed by atoms with van der Waals surface area (Å²) in [5.41, 5.74) is 3.58. The molecule has 3 rings (SSSR count). The van der Waals surface area contributed by atoms with E-state index in [0.717, 1.165) is 32.6 Å². The van der Waals surface area contributed by atoms with Crippen molar-refractivity contribution in [3.8, 4) is 5.69 Å². The van der Waals surface area contributed by atoms with E-state index in [-0.39, 0.29) is 5.82 Å². The summed E-state index contributed by atoms with van der Waals surface area (Å²) in [4.78, 5) is 4.58. The van der Waals surface area contributed by atoms with Crippen molar-refractivity contribution in [2.45, 2.75) is 13.3 Å². The molecule has 2 nitrogen and oxygen atoms in total. The number of benzene rings is 2. The molecule has 21 heavy (non-hydrogen) atoms. The second-order valence-electron chi connectivity index (χ2n) is 4.84. The van der Waals surface area contributed by atoms with Gasteiger partial charge in [0.2, 0.25) is 0 Å². The van der Waals surface area contributed by atoms with Gasteiger partial charge in [0.25, 0.3) is 0 Å². The van der Waals surface area contributed by atoms with Crippen molar-refractivity contribution in [3.63, 3.8) is 0 Å². The fourth-order valence-corrected chi connectivity index (χ4v) is 3.03. The number of fused-ring (bicyclic) bond motifs is 1. The van der Waals surface area contributed by atoms with Crippen molar-refractivity contribution in [1.82, 2.24) is 9.55 Å². The van der Waals surface area contributed by atoms with Crippen LogP contribution in [0.2, 0.25) is 0 Å². The third-order valence-electron chi connectivity index (χ3n) is 3.42. The molecule has 1 aromatic heterocycles. The van der Waals surface area contributed by atoms with E-state index in [2.05, 4.69) is 20.9 Å². The molecule has 0 aliphatic rings. The van der Waals surface area contributed by atoms with Gasteiger partial charge < -0.3 is 0 Å². The molecule has 3 aromatic rings. The third-order valence-corrected chi connectivity index (χ3v) is 4.64. The number of aryl methyl sites for hydroxylation is 2. The van der Waals surface area contributed by atoms with Gasteiger partial charge in [0.1, 0.15) is 11.6 Å². The second-order valence-corrected chi connectivity index (χ2v) is 6.01. The van der Waals surface area contributed by atoms with Gasteiger partial charge in [0.15, 0.2) is 0 Å². The molecule has 2 aromatic carbocycles. The molecule has 0 fully saturated rings. The van der Waals surface area contributed by atoms with Crippen LogP contribution in [0.1, 0.15) is 11.4 Å². The minimum atomic E-state index is -0.273. The molecule has 5 heteroatoms. The molecule has 0 aliphatic carbocycles. The Morgan fingerprint density at radius 2 is 2.10 bits per heavy atom. The lowest BCUT2D eigenvalue weighted by molar-refractivity contribution is 0.629. The van der Waals surface area contributed by atoms with E-state index in [4.69, 9.17) is 11.6 Å². The fraction of sp³-hybridized carbons (Fsp3) is 0.188. The van der Waals surface area contributed by atoms with Crippen molar-refractivity contribution >= 4 is 38.6 Å². The number of hydrogen-bond acceptors (Lipinski definition) is 1. The summed E-state index contributed by atoms with van der Waals surface area (Å²) >= 11 is 9.50. The number of alkyl halides is 1. The van der Waals surface area contributed by atoms with Gasteiger partial charge in [0, 0.05) is 22.8 Å². The van der Waals surface area contributed by atoms with Crippen LogP contribution in [-0.2, 0) is 6.42 Å². The standard InChI is InChI=1S/C16H13BrClFN2/c1-10-3-2-4-13(16(10)17)21-14-9-11(19)5-6-12(14)20-15(21)7-8-18/h2-6,9H,7-8H2,1H3. The Kier molecular flexibility index (Phi) is 4.00. The zero-order valence-corrected chi connectivity index (χ0v) is 13.7. The second kappa shape index (κ2) is 5.78. The van der Waals surface area contributed by atoms with E-state index in [1.807, 2.05) is 29.7 Å². The van der Waals surface area contributed by atoms with Gasteiger partial charge >= 0.3 is 0 Å². The molecular formula is C16H13BrClFN2. The number of imidazole rings is 1. The topological polar surface area (TPSA) is 17.8 Å². The monoisotopic (exact) mass is 366 g/mol. The smallest absolute Gasteiger partial charge is 0.125 e. The third kappa shape index (κ3) is 2.58. The summed E-state index contributed by atoms with van der Waals surface area (Å²) in [5, 5.41) is 0. The van der Waals surface area contributed by atoms with E-state index in [9.17, 15) is 4.39 Å². The summed E-state index contributed by atoms with van der Waals surface area (Å²) in [6.45, 7) is 2.02. The molecule has 0 saturated carbocycles. The first kappa shape index (κ1) is 14.5. The minimum Gasteiger partial charge on any atom is -0.295 e. The largest absolute Gasteiger partial charge is 0.295 e. The Hall–Kier alpha value is -1.39. The summed E-state index contributed by atoms with van der Waals surface area (Å²) < 4.78 is 16.6. The average Bonchev–Trinajstić information content (AvgIpc) is 2.80. The molecule has 0 radical (unpaired) electrons. The quantitative estimate of drug-likeness (QED) is 0.595. The van der Waals surface area contributed by atoms with E-state index in [0.29, 0.717) is 12.3 Å². The van der Waals surface area contributed by atoms with Crippen LogP contribution in [0.3, 0.4) is 0 Å². The lowest BCUT2D eigenvalue weighted by atomic mass is 10.2. The van der Waals surface area contributed by atoms with Crippen LogP contribution in [0, 0.1) is 12.7 Å². The van der Waals surface area contributed by atoms with Crippen molar-refractivity contribution < 1.29 is 4.39 Å². The number of hydrogen-bond donors (Lipinski definition) is 0. The molecule has 108 valence electrons. The first-order chi connectivity index (χ1) is 10.1. The van der Waals surface area contributed by atoms with E-state index >= 15 is 0 Å². The van der Waals surface area contributed by atoms with Crippen molar-refractivity contribution in [2.24, 2.45) is 0 Å². The Bertz CT molecular complexity index is 813. The Balaban J connectivity index is 2.35. The number of rotatable bonds is 3. The molecule has 0 atom stereocenters. The van der Waals surface area contributed by atoms with Gasteiger partial charge in [-0.2, -0.15) is 0 Å². The maximum Gasteiger partial charge on any atom is 0.125 e. The maximum absolute atomic E-state index is 13.6. The van der Waals surface area contributed by atoms with Crippen molar-refractivity contribution in [2.75, 3.05) is 5.88 Å². The van der Waals surface area contributed by atoms with E-state index in [1.165, 1.54) is 12.1 Å². The molecule has 0 saturated heterocycles. The molecular weight excluding hydrogens is 355 g/mol. The molecule has 1 heterocycles. The molecule has 0 spiro atoms. The van der Waals surface area contributed by atoms with Gasteiger partial charge in [-0.05, 0) is 46.6 Å². The minimum absolute atomic E-state index is 0.273. The summed E-state index contributed by atoms with van der Waals surface area (Å²) in [6.07, 6.45) is 0.623. The normalized spacial score (nSPS) is 11.2. The molecule has 0 bridgehead atoms. The summed E-state index contributed by atoms with van der Waals surface area (Å²) in [7, 11) is 0. The first-order valence-electron chi connectivity index (χ1n) is 6.60. The van der Waals surface area contributed by atoms with Crippen LogP contribution in [-0.4, -0.2) is 15.4 Å². The Labute approximate surface area is 135 Å². The van der Waals surface area contributed by atoms with Gasteiger partial charge in [-0.25, -0.2) is 9.37 Å². The highest BCUT2D eigenvalue weighted by molar-refractivity contribution is 9.10. The molecule has 0 N–H and O–H groups in total. The van der Waals surface area contributed by atoms with Gasteiger partial charge in [-0.3, -0.25) is 4.57 Å². The van der Waals surface area contributed by atoms with Crippen LogP contribution in [0.4, 0.5) is 4.39 Å². The van der Waals surface area contributed by atoms with Gasteiger partial charge in [-0.1, -0.05) is 12.1 Å². The summed E-state index contributed by atoms with van der Waals surface area (Å²) in [5.74, 6) is 1.02. The van der Waals surface area contributed by atoms with Crippen molar-refractivity contribution in [3.05, 3.63) is 58.1 Å². The highest BCUT2D eigenvalue weighted by atomic mass is 79.9. The van der Waals surface area contributed by atoms with Crippen LogP contribution < -0.4 is 0 Å². The van der Waals surface area contributed by atoms with Crippen LogP contribution in [0.25, 0.3) is 16.7 Å². The predicted molar refractivity (Wildman–Crippen MR) is 87.9 cm³/mol. The first-order valence-corrected chi connectivity index (χ1v) is 7.93. The van der Waals surface area contributed by atoms with Crippen LogP contribution in [0.15, 0.2) is 40.9 Å². The van der Waals surface area contributed by atoms with Gasteiger partial charge in [0.05, 0.1) is 16.7 Å². The number of nitrogens with zero attached hydrogens (tertiary/aromatic N) is 2. The maximum atomic E-state index is 13.6. The lowest BCUT2D eigenvalue weighted by Crippen LogP contribution is -2.03. The summed E-state index contributed by atoms with van der Waals surface area (Å²) in [6, 6.07) is 10.6. The SMILES string of the molecule is Cc1cccc(-n2c(CCCl)nc3ccc(F)cc32)c1Br. The predicted octanol–water partition coefficient (Wildman–Crippen LogP) is 5.02. The Morgan fingerprint density at radius 3 is 2.86 bits per heavy atom. The highest BCUT2D eigenvalue weighted by Crippen LogP contribution is 2.30. The number of halogens is 3. The van der Waals surface area contributed by atoms with Crippen molar-refractivity contribution in [1.29, 1.82) is 0 Å². The average molecular weight is 368 g/mol. The van der Waals surface area contributed by atoms with Crippen LogP contribution >= 0.6 is 27.5 Å².